The fourth-order valence-corrected chi connectivity index (χ4v) is 3.68. The standard InChI is InChI=1S/C24H24N2O2/c27-24(19-11-13-23(14-12-19)28-22-9-2-1-3-10-22)20-7-6-16-26(17-20)18-21-8-4-5-15-25-21/h1-5,8-15,20H,6-7,16-18H2/t20-/m0/s1. The smallest absolute Gasteiger partial charge is 0.167 e. The Morgan fingerprint density at radius 1 is 0.964 bits per heavy atom. The third kappa shape index (κ3) is 4.65. The predicted molar refractivity (Wildman–Crippen MR) is 110 cm³/mol. The van der Waals surface area contributed by atoms with E-state index in [1.54, 1.807) is 0 Å². The molecule has 0 N–H and O–H groups in total. The molecule has 1 aromatic heterocycles. The van der Waals surface area contributed by atoms with Crippen molar-refractivity contribution in [2.75, 3.05) is 13.1 Å². The molecule has 4 nitrogen and oxygen atoms in total. The number of piperidine rings is 1. The molecule has 4 rings (SSSR count). The van der Waals surface area contributed by atoms with Gasteiger partial charge in [-0.2, -0.15) is 0 Å². The van der Waals surface area contributed by atoms with E-state index in [2.05, 4.69) is 9.88 Å². The van der Waals surface area contributed by atoms with Crippen LogP contribution in [0, 0.1) is 5.92 Å². The fourth-order valence-electron chi connectivity index (χ4n) is 3.68. The molecule has 0 bridgehead atoms. The van der Waals surface area contributed by atoms with Gasteiger partial charge in [-0.1, -0.05) is 24.3 Å². The number of hydrogen-bond donors (Lipinski definition) is 0. The van der Waals surface area contributed by atoms with E-state index in [0.717, 1.165) is 55.2 Å². The maximum absolute atomic E-state index is 13.0. The zero-order valence-corrected chi connectivity index (χ0v) is 15.8. The average molecular weight is 372 g/mol. The Morgan fingerprint density at radius 2 is 1.71 bits per heavy atom. The maximum atomic E-state index is 13.0. The summed E-state index contributed by atoms with van der Waals surface area (Å²) in [5, 5.41) is 0. The van der Waals surface area contributed by atoms with Gasteiger partial charge in [-0.05, 0) is 67.9 Å². The summed E-state index contributed by atoms with van der Waals surface area (Å²) < 4.78 is 5.82. The van der Waals surface area contributed by atoms with Crippen LogP contribution in [0.3, 0.4) is 0 Å². The average Bonchev–Trinajstić information content (AvgIpc) is 2.75. The molecular formula is C24H24N2O2. The number of benzene rings is 2. The summed E-state index contributed by atoms with van der Waals surface area (Å²) in [5.41, 5.74) is 1.81. The van der Waals surface area contributed by atoms with E-state index in [-0.39, 0.29) is 11.7 Å². The van der Waals surface area contributed by atoms with Crippen molar-refractivity contribution in [2.45, 2.75) is 19.4 Å². The SMILES string of the molecule is O=C(c1ccc(Oc2ccccc2)cc1)[C@H]1CCCN(Cc2ccccn2)C1. The van der Waals surface area contributed by atoms with E-state index in [4.69, 9.17) is 4.74 Å². The third-order valence-corrected chi connectivity index (χ3v) is 5.11. The molecular weight excluding hydrogens is 348 g/mol. The normalized spacial score (nSPS) is 17.2. The van der Waals surface area contributed by atoms with Crippen molar-refractivity contribution in [1.82, 2.24) is 9.88 Å². The van der Waals surface area contributed by atoms with Crippen LogP contribution in [0.1, 0.15) is 28.9 Å². The lowest BCUT2D eigenvalue weighted by Gasteiger charge is -2.31. The number of pyridine rings is 1. The van der Waals surface area contributed by atoms with Gasteiger partial charge in [-0.3, -0.25) is 14.7 Å². The Hall–Kier alpha value is -2.98. The van der Waals surface area contributed by atoms with E-state index < -0.39 is 0 Å². The largest absolute Gasteiger partial charge is 0.457 e. The first-order valence-electron chi connectivity index (χ1n) is 9.77. The second-order valence-corrected chi connectivity index (χ2v) is 7.20. The number of carbonyl (C=O) groups excluding carboxylic acids is 1. The van der Waals surface area contributed by atoms with E-state index in [1.807, 2.05) is 79.0 Å². The minimum atomic E-state index is 0.0401. The maximum Gasteiger partial charge on any atom is 0.167 e. The lowest BCUT2D eigenvalue weighted by atomic mass is 9.90. The van der Waals surface area contributed by atoms with Gasteiger partial charge in [0.15, 0.2) is 5.78 Å². The topological polar surface area (TPSA) is 42.4 Å². The van der Waals surface area contributed by atoms with Crippen molar-refractivity contribution < 1.29 is 9.53 Å². The second-order valence-electron chi connectivity index (χ2n) is 7.20. The Labute approximate surface area is 165 Å². The second kappa shape index (κ2) is 8.81. The zero-order valence-electron chi connectivity index (χ0n) is 15.8. The summed E-state index contributed by atoms with van der Waals surface area (Å²) in [6.07, 6.45) is 3.80. The van der Waals surface area contributed by atoms with Crippen molar-refractivity contribution in [1.29, 1.82) is 0 Å². The minimum Gasteiger partial charge on any atom is -0.457 e. The molecule has 0 radical (unpaired) electrons. The van der Waals surface area contributed by atoms with Crippen molar-refractivity contribution in [3.8, 4) is 11.5 Å². The number of ether oxygens (including phenoxy) is 1. The van der Waals surface area contributed by atoms with Crippen LogP contribution in [0.15, 0.2) is 79.0 Å². The third-order valence-electron chi connectivity index (χ3n) is 5.11. The molecule has 142 valence electrons. The van der Waals surface area contributed by atoms with Crippen LogP contribution in [0.2, 0.25) is 0 Å². The number of hydrogen-bond acceptors (Lipinski definition) is 4. The van der Waals surface area contributed by atoms with Gasteiger partial charge in [0.05, 0.1) is 5.69 Å². The summed E-state index contributed by atoms with van der Waals surface area (Å²) >= 11 is 0. The van der Waals surface area contributed by atoms with E-state index in [0.29, 0.717) is 0 Å². The number of nitrogens with zero attached hydrogens (tertiary/aromatic N) is 2. The van der Waals surface area contributed by atoms with E-state index in [9.17, 15) is 4.79 Å². The summed E-state index contributed by atoms with van der Waals surface area (Å²) in [6, 6.07) is 23.1. The van der Waals surface area contributed by atoms with Gasteiger partial charge >= 0.3 is 0 Å². The molecule has 0 unspecified atom stereocenters. The minimum absolute atomic E-state index is 0.0401. The van der Waals surface area contributed by atoms with Gasteiger partial charge in [0.1, 0.15) is 11.5 Å². The molecule has 1 saturated heterocycles. The van der Waals surface area contributed by atoms with Gasteiger partial charge in [0.25, 0.3) is 0 Å². The van der Waals surface area contributed by atoms with E-state index >= 15 is 0 Å². The molecule has 1 fully saturated rings. The van der Waals surface area contributed by atoms with Crippen molar-refractivity contribution >= 4 is 5.78 Å². The summed E-state index contributed by atoms with van der Waals surface area (Å²) in [6.45, 7) is 2.61. The molecule has 2 heterocycles. The first-order chi connectivity index (χ1) is 13.8. The molecule has 1 aliphatic rings. The van der Waals surface area contributed by atoms with Crippen molar-refractivity contribution in [3.63, 3.8) is 0 Å². The number of carbonyl (C=O) groups is 1. The number of Topliss-reactive ketones (excluding diaryl/α,β-unsaturated/α-hetero) is 1. The van der Waals surface area contributed by atoms with Crippen LogP contribution in [-0.4, -0.2) is 28.8 Å². The molecule has 0 saturated carbocycles. The van der Waals surface area contributed by atoms with Crippen LogP contribution >= 0.6 is 0 Å². The van der Waals surface area contributed by atoms with Crippen molar-refractivity contribution in [2.24, 2.45) is 5.92 Å². The molecule has 3 aromatic rings. The van der Waals surface area contributed by atoms with Crippen LogP contribution in [0.25, 0.3) is 0 Å². The van der Waals surface area contributed by atoms with E-state index in [1.165, 1.54) is 0 Å². The highest BCUT2D eigenvalue weighted by Crippen LogP contribution is 2.25. The van der Waals surface area contributed by atoms with Gasteiger partial charge in [-0.25, -0.2) is 0 Å². The Balaban J connectivity index is 1.38. The van der Waals surface area contributed by atoms with Gasteiger partial charge in [-0.15, -0.1) is 0 Å². The molecule has 2 aromatic carbocycles. The van der Waals surface area contributed by atoms with Gasteiger partial charge in [0.2, 0.25) is 0 Å². The summed E-state index contributed by atoms with van der Waals surface area (Å²) in [4.78, 5) is 19.7. The fraction of sp³-hybridized carbons (Fsp3) is 0.250. The first-order valence-corrected chi connectivity index (χ1v) is 9.77. The quantitative estimate of drug-likeness (QED) is 0.573. The zero-order chi connectivity index (χ0) is 19.2. The van der Waals surface area contributed by atoms with Crippen molar-refractivity contribution in [3.05, 3.63) is 90.3 Å². The predicted octanol–water partition coefficient (Wildman–Crippen LogP) is 4.97. The van der Waals surface area contributed by atoms with Crippen LogP contribution in [0.5, 0.6) is 11.5 Å². The number of rotatable bonds is 6. The van der Waals surface area contributed by atoms with Crippen LogP contribution in [-0.2, 0) is 6.54 Å². The molecule has 28 heavy (non-hydrogen) atoms. The highest BCUT2D eigenvalue weighted by Gasteiger charge is 2.26. The number of aromatic nitrogens is 1. The highest BCUT2D eigenvalue weighted by atomic mass is 16.5. The Bertz CT molecular complexity index is 895. The lowest BCUT2D eigenvalue weighted by Crippen LogP contribution is -2.38. The Morgan fingerprint density at radius 3 is 2.46 bits per heavy atom. The van der Waals surface area contributed by atoms with Crippen LogP contribution in [0.4, 0.5) is 0 Å². The molecule has 0 amide bonds. The molecule has 1 atom stereocenters. The lowest BCUT2D eigenvalue weighted by molar-refractivity contribution is 0.0810. The molecule has 1 aliphatic heterocycles. The summed E-state index contributed by atoms with van der Waals surface area (Å²) in [7, 11) is 0. The number of ketones is 1. The monoisotopic (exact) mass is 372 g/mol. The Kier molecular flexibility index (Phi) is 5.78. The molecule has 0 spiro atoms. The van der Waals surface area contributed by atoms with Gasteiger partial charge < -0.3 is 4.74 Å². The number of likely N-dealkylation sites (tertiary alicyclic amines) is 1. The first kappa shape index (κ1) is 18.4. The van der Waals surface area contributed by atoms with Crippen LogP contribution < -0.4 is 4.74 Å². The molecule has 4 heteroatoms. The molecule has 0 aliphatic carbocycles. The van der Waals surface area contributed by atoms with Gasteiger partial charge in [0, 0.05) is 30.8 Å². The summed E-state index contributed by atoms with van der Waals surface area (Å²) in [5.74, 6) is 1.79. The highest BCUT2D eigenvalue weighted by molar-refractivity contribution is 5.98. The number of para-hydroxylation sites is 1.